The third-order valence-electron chi connectivity index (χ3n) is 5.13. The Morgan fingerprint density at radius 2 is 1.67 bits per heavy atom. The highest BCUT2D eigenvalue weighted by Crippen LogP contribution is 2.29. The van der Waals surface area contributed by atoms with Gasteiger partial charge in [0.15, 0.2) is 0 Å². The van der Waals surface area contributed by atoms with Crippen LogP contribution in [0.4, 0.5) is 0 Å². The highest BCUT2D eigenvalue weighted by molar-refractivity contribution is 5.86. The van der Waals surface area contributed by atoms with Crippen LogP contribution in [0.2, 0.25) is 0 Å². The molecule has 0 bridgehead atoms. The molecule has 144 valence electrons. The van der Waals surface area contributed by atoms with Crippen LogP contribution < -0.4 is 5.32 Å². The summed E-state index contributed by atoms with van der Waals surface area (Å²) in [5.41, 5.74) is 9.42. The highest BCUT2D eigenvalue weighted by Gasteiger charge is 2.17. The topological polar surface area (TPSA) is 42.7 Å². The summed E-state index contributed by atoms with van der Waals surface area (Å²) >= 11 is 0. The summed E-state index contributed by atoms with van der Waals surface area (Å²) in [6, 6.07) is 6.64. The maximum atomic E-state index is 4.93. The van der Waals surface area contributed by atoms with Crippen molar-refractivity contribution in [3.63, 3.8) is 0 Å². The minimum atomic E-state index is 0.931. The number of rotatable bonds is 7. The largest absolute Gasteiger partial charge is 0.316 e. The molecule has 0 fully saturated rings. The molecule has 0 aliphatic rings. The van der Waals surface area contributed by atoms with E-state index in [1.165, 1.54) is 46.1 Å². The first kappa shape index (κ1) is 19.6. The van der Waals surface area contributed by atoms with E-state index in [4.69, 9.17) is 10.1 Å². The van der Waals surface area contributed by atoms with Gasteiger partial charge in [0.05, 0.1) is 22.6 Å². The van der Waals surface area contributed by atoms with Crippen molar-refractivity contribution in [1.29, 1.82) is 0 Å². The summed E-state index contributed by atoms with van der Waals surface area (Å²) in [6.07, 6.45) is 3.38. The second kappa shape index (κ2) is 8.22. The fourth-order valence-corrected chi connectivity index (χ4v) is 4.03. The van der Waals surface area contributed by atoms with Gasteiger partial charge in [0.1, 0.15) is 0 Å². The first-order chi connectivity index (χ1) is 12.9. The van der Waals surface area contributed by atoms with Gasteiger partial charge in [-0.15, -0.1) is 0 Å². The molecule has 1 aromatic carbocycles. The van der Waals surface area contributed by atoms with Gasteiger partial charge in [-0.25, -0.2) is 4.68 Å². The molecule has 0 atom stereocenters. The lowest BCUT2D eigenvalue weighted by Crippen LogP contribution is -2.19. The zero-order chi connectivity index (χ0) is 19.6. The standard InChI is InChI=1S/C23H32N4/c1-7-8-10-24-11-9-20-22-19(6)26-27(21(22)14-18(5)25-20)23-16(3)12-15(2)13-17(23)4/h12-14,24H,7-11H2,1-6H3. The molecule has 0 aliphatic heterocycles. The van der Waals surface area contributed by atoms with Gasteiger partial charge in [-0.2, -0.15) is 5.10 Å². The fraction of sp³-hybridized carbons (Fsp3) is 0.478. The number of aromatic nitrogens is 3. The number of benzene rings is 1. The molecule has 2 aromatic heterocycles. The highest BCUT2D eigenvalue weighted by atomic mass is 15.3. The van der Waals surface area contributed by atoms with Crippen LogP contribution in [-0.4, -0.2) is 27.9 Å². The van der Waals surface area contributed by atoms with Crippen molar-refractivity contribution < 1.29 is 0 Å². The number of nitrogens with one attached hydrogen (secondary N) is 1. The third kappa shape index (κ3) is 4.06. The maximum absolute atomic E-state index is 4.93. The van der Waals surface area contributed by atoms with E-state index in [9.17, 15) is 0 Å². The average molecular weight is 365 g/mol. The zero-order valence-electron chi connectivity index (χ0n) is 17.6. The number of fused-ring (bicyclic) bond motifs is 1. The molecule has 0 spiro atoms. The second-order valence-electron chi connectivity index (χ2n) is 7.70. The minimum Gasteiger partial charge on any atom is -0.316 e. The summed E-state index contributed by atoms with van der Waals surface area (Å²) in [5.74, 6) is 0. The van der Waals surface area contributed by atoms with Crippen LogP contribution in [0.3, 0.4) is 0 Å². The van der Waals surface area contributed by atoms with Gasteiger partial charge < -0.3 is 5.32 Å². The summed E-state index contributed by atoms with van der Waals surface area (Å²) in [7, 11) is 0. The van der Waals surface area contributed by atoms with E-state index in [0.29, 0.717) is 0 Å². The van der Waals surface area contributed by atoms with Gasteiger partial charge in [0.25, 0.3) is 0 Å². The molecule has 0 unspecified atom stereocenters. The monoisotopic (exact) mass is 364 g/mol. The number of nitrogens with zero attached hydrogens (tertiary/aromatic N) is 3. The smallest absolute Gasteiger partial charge is 0.0780 e. The van der Waals surface area contributed by atoms with Crippen LogP contribution in [0, 0.1) is 34.6 Å². The summed E-state index contributed by atoms with van der Waals surface area (Å²) in [5, 5.41) is 9.67. The molecule has 4 heteroatoms. The van der Waals surface area contributed by atoms with E-state index >= 15 is 0 Å². The van der Waals surface area contributed by atoms with Crippen LogP contribution in [0.15, 0.2) is 18.2 Å². The van der Waals surface area contributed by atoms with Crippen molar-refractivity contribution in [3.8, 4) is 5.69 Å². The normalized spacial score (nSPS) is 11.5. The molecule has 2 heterocycles. The van der Waals surface area contributed by atoms with Crippen molar-refractivity contribution >= 4 is 10.9 Å². The second-order valence-corrected chi connectivity index (χ2v) is 7.70. The predicted octanol–water partition coefficient (Wildman–Crippen LogP) is 4.89. The maximum Gasteiger partial charge on any atom is 0.0780 e. The summed E-state index contributed by atoms with van der Waals surface area (Å²) < 4.78 is 2.12. The lowest BCUT2D eigenvalue weighted by Gasteiger charge is -2.13. The molecule has 3 aromatic rings. The Kier molecular flexibility index (Phi) is 5.95. The first-order valence-electron chi connectivity index (χ1n) is 10.1. The number of pyridine rings is 1. The van der Waals surface area contributed by atoms with E-state index < -0.39 is 0 Å². The molecule has 0 saturated carbocycles. The number of aryl methyl sites for hydroxylation is 5. The molecule has 0 saturated heterocycles. The van der Waals surface area contributed by atoms with Gasteiger partial charge in [0.2, 0.25) is 0 Å². The lowest BCUT2D eigenvalue weighted by atomic mass is 10.0. The van der Waals surface area contributed by atoms with E-state index in [1.54, 1.807) is 0 Å². The Hall–Kier alpha value is -2.20. The van der Waals surface area contributed by atoms with E-state index in [1.807, 2.05) is 0 Å². The van der Waals surface area contributed by atoms with Crippen LogP contribution in [0.25, 0.3) is 16.6 Å². The van der Waals surface area contributed by atoms with Gasteiger partial charge >= 0.3 is 0 Å². The number of hydrogen-bond acceptors (Lipinski definition) is 3. The van der Waals surface area contributed by atoms with Gasteiger partial charge in [-0.3, -0.25) is 4.98 Å². The molecule has 0 radical (unpaired) electrons. The quantitative estimate of drug-likeness (QED) is 0.607. The third-order valence-corrected chi connectivity index (χ3v) is 5.13. The molecule has 1 N–H and O–H groups in total. The Bertz CT molecular complexity index is 930. The Morgan fingerprint density at radius 1 is 0.963 bits per heavy atom. The van der Waals surface area contributed by atoms with Crippen molar-refractivity contribution in [2.24, 2.45) is 0 Å². The number of unbranched alkanes of at least 4 members (excludes halogenated alkanes) is 1. The minimum absolute atomic E-state index is 0.931. The number of hydrogen-bond donors (Lipinski definition) is 1. The Balaban J connectivity index is 2.05. The van der Waals surface area contributed by atoms with E-state index in [0.717, 1.165) is 36.6 Å². The van der Waals surface area contributed by atoms with Crippen molar-refractivity contribution in [3.05, 3.63) is 52.0 Å². The molecule has 27 heavy (non-hydrogen) atoms. The zero-order valence-corrected chi connectivity index (χ0v) is 17.6. The van der Waals surface area contributed by atoms with Crippen molar-refractivity contribution in [1.82, 2.24) is 20.1 Å². The first-order valence-corrected chi connectivity index (χ1v) is 10.1. The fourth-order valence-electron chi connectivity index (χ4n) is 4.03. The molecule has 0 aliphatic carbocycles. The van der Waals surface area contributed by atoms with Gasteiger partial charge in [-0.1, -0.05) is 31.0 Å². The van der Waals surface area contributed by atoms with Crippen LogP contribution in [0.1, 0.15) is 53.5 Å². The molecule has 0 amide bonds. The summed E-state index contributed by atoms with van der Waals surface area (Å²) in [6.45, 7) is 14.9. The molecule has 4 nitrogen and oxygen atoms in total. The Labute approximate surface area is 163 Å². The van der Waals surface area contributed by atoms with Crippen LogP contribution in [-0.2, 0) is 6.42 Å². The van der Waals surface area contributed by atoms with Crippen molar-refractivity contribution in [2.45, 2.75) is 60.8 Å². The van der Waals surface area contributed by atoms with E-state index in [2.05, 4.69) is 69.7 Å². The SMILES string of the molecule is CCCCNCCc1nc(C)cc2c1c(C)nn2-c1c(C)cc(C)cc1C. The van der Waals surface area contributed by atoms with E-state index in [-0.39, 0.29) is 0 Å². The predicted molar refractivity (Wildman–Crippen MR) is 114 cm³/mol. The van der Waals surface area contributed by atoms with Gasteiger partial charge in [-0.05, 0) is 64.8 Å². The molecular formula is C23H32N4. The van der Waals surface area contributed by atoms with Crippen LogP contribution >= 0.6 is 0 Å². The van der Waals surface area contributed by atoms with Crippen molar-refractivity contribution in [2.75, 3.05) is 13.1 Å². The Morgan fingerprint density at radius 3 is 2.33 bits per heavy atom. The van der Waals surface area contributed by atoms with Gasteiger partial charge in [0, 0.05) is 24.0 Å². The molecule has 3 rings (SSSR count). The van der Waals surface area contributed by atoms with Crippen LogP contribution in [0.5, 0.6) is 0 Å². The lowest BCUT2D eigenvalue weighted by molar-refractivity contribution is 0.637. The molecular weight excluding hydrogens is 332 g/mol. The summed E-state index contributed by atoms with van der Waals surface area (Å²) in [4.78, 5) is 4.85. The average Bonchev–Trinajstić information content (AvgIpc) is 2.90.